The monoisotopic (exact) mass is 494 g/mol. The number of amides is 1. The first kappa shape index (κ1) is 26.3. The summed E-state index contributed by atoms with van der Waals surface area (Å²) in [6.45, 7) is 7.39. The second kappa shape index (κ2) is 11.4. The number of sulfonamides is 1. The molecule has 0 atom stereocenters. The molecule has 0 aliphatic heterocycles. The number of anilines is 2. The molecule has 3 aromatic rings. The van der Waals surface area contributed by atoms with Crippen molar-refractivity contribution in [2.24, 2.45) is 0 Å². The van der Waals surface area contributed by atoms with Gasteiger partial charge in [0.1, 0.15) is 17.2 Å². The van der Waals surface area contributed by atoms with E-state index >= 15 is 0 Å². The molecule has 6 nitrogen and oxygen atoms in total. The Bertz CT molecular complexity index is 1260. The van der Waals surface area contributed by atoms with Crippen molar-refractivity contribution in [2.75, 3.05) is 23.3 Å². The van der Waals surface area contributed by atoms with Gasteiger partial charge in [0.15, 0.2) is 0 Å². The van der Waals surface area contributed by atoms with Crippen molar-refractivity contribution in [1.82, 2.24) is 0 Å². The highest BCUT2D eigenvalue weighted by atomic mass is 32.2. The van der Waals surface area contributed by atoms with E-state index in [1.54, 1.807) is 30.3 Å². The van der Waals surface area contributed by atoms with Crippen LogP contribution in [0, 0.1) is 20.8 Å². The Labute approximate surface area is 209 Å². The van der Waals surface area contributed by atoms with Crippen LogP contribution in [-0.4, -0.2) is 28.0 Å². The van der Waals surface area contributed by atoms with Crippen LogP contribution in [0.2, 0.25) is 0 Å². The Hall–Kier alpha value is -3.32. The zero-order chi connectivity index (χ0) is 25.6. The fourth-order valence-electron chi connectivity index (χ4n) is 3.98. The van der Waals surface area contributed by atoms with Gasteiger partial charge in [-0.05, 0) is 92.3 Å². The molecule has 7 heteroatoms. The molecule has 3 rings (SSSR count). The van der Waals surface area contributed by atoms with Crippen molar-refractivity contribution in [3.63, 3.8) is 0 Å². The molecule has 1 amide bonds. The zero-order valence-electron chi connectivity index (χ0n) is 21.1. The van der Waals surface area contributed by atoms with Gasteiger partial charge in [0, 0.05) is 5.69 Å². The molecule has 0 aromatic heterocycles. The molecule has 0 unspecified atom stereocenters. The number of methoxy groups -OCH3 is 1. The third-order valence-electron chi connectivity index (χ3n) is 5.73. The number of carbonyl (C=O) groups is 1. The van der Waals surface area contributed by atoms with Crippen LogP contribution in [0.4, 0.5) is 11.4 Å². The molecule has 0 spiro atoms. The summed E-state index contributed by atoms with van der Waals surface area (Å²) in [4.78, 5) is 13.1. The standard InChI is InChI=1S/C28H34N2O4S/c1-6-7-8-23-10-12-24(13-11-23)29-28(31)19-30(25-16-21(3)15-22(4)17-25)35(32,33)27-18-20(2)9-14-26(27)34-5/h9-18H,6-8,19H2,1-5H3,(H,29,31). The summed E-state index contributed by atoms with van der Waals surface area (Å²) < 4.78 is 34.3. The highest BCUT2D eigenvalue weighted by Crippen LogP contribution is 2.32. The Kier molecular flexibility index (Phi) is 8.57. The molecule has 0 bridgehead atoms. The SMILES string of the molecule is CCCCc1ccc(NC(=O)CN(c2cc(C)cc(C)c2)S(=O)(=O)c2cc(C)ccc2OC)cc1. The fraction of sp³-hybridized carbons (Fsp3) is 0.321. The van der Waals surface area contributed by atoms with Crippen LogP contribution in [0.3, 0.4) is 0 Å². The number of unbranched alkanes of at least 4 members (excludes halogenated alkanes) is 1. The van der Waals surface area contributed by atoms with E-state index in [0.717, 1.165) is 40.3 Å². The van der Waals surface area contributed by atoms with Gasteiger partial charge in [-0.2, -0.15) is 0 Å². The third-order valence-corrected chi connectivity index (χ3v) is 7.52. The number of rotatable bonds is 10. The van der Waals surface area contributed by atoms with Crippen molar-refractivity contribution >= 4 is 27.3 Å². The first-order chi connectivity index (χ1) is 16.6. The zero-order valence-corrected chi connectivity index (χ0v) is 21.9. The van der Waals surface area contributed by atoms with E-state index in [1.165, 1.54) is 12.7 Å². The number of aryl methyl sites for hydroxylation is 4. The van der Waals surface area contributed by atoms with E-state index in [0.29, 0.717) is 11.4 Å². The molecular formula is C28H34N2O4S. The van der Waals surface area contributed by atoms with Crippen molar-refractivity contribution < 1.29 is 17.9 Å². The Morgan fingerprint density at radius 1 is 0.914 bits per heavy atom. The molecule has 186 valence electrons. The molecule has 0 aliphatic carbocycles. The van der Waals surface area contributed by atoms with E-state index in [-0.39, 0.29) is 17.2 Å². The number of nitrogens with zero attached hydrogens (tertiary/aromatic N) is 1. The number of ether oxygens (including phenoxy) is 1. The highest BCUT2D eigenvalue weighted by molar-refractivity contribution is 7.93. The van der Waals surface area contributed by atoms with Crippen LogP contribution in [0.15, 0.2) is 65.6 Å². The van der Waals surface area contributed by atoms with Gasteiger partial charge in [0.2, 0.25) is 5.91 Å². The van der Waals surface area contributed by atoms with Gasteiger partial charge in [-0.15, -0.1) is 0 Å². The molecule has 35 heavy (non-hydrogen) atoms. The van der Waals surface area contributed by atoms with Gasteiger partial charge in [-0.3, -0.25) is 9.10 Å². The minimum Gasteiger partial charge on any atom is -0.495 e. The molecule has 0 fully saturated rings. The Balaban J connectivity index is 1.95. The second-order valence-electron chi connectivity index (χ2n) is 8.86. The van der Waals surface area contributed by atoms with E-state index in [1.807, 2.05) is 51.1 Å². The minimum absolute atomic E-state index is 0.0206. The van der Waals surface area contributed by atoms with E-state index < -0.39 is 15.9 Å². The molecule has 0 heterocycles. The average molecular weight is 495 g/mol. The van der Waals surface area contributed by atoms with Crippen LogP contribution < -0.4 is 14.4 Å². The van der Waals surface area contributed by atoms with Crippen molar-refractivity contribution in [1.29, 1.82) is 0 Å². The van der Waals surface area contributed by atoms with Gasteiger partial charge < -0.3 is 10.1 Å². The molecule has 0 saturated carbocycles. The fourth-order valence-corrected chi connectivity index (χ4v) is 5.63. The second-order valence-corrected chi connectivity index (χ2v) is 10.7. The Morgan fingerprint density at radius 3 is 2.17 bits per heavy atom. The predicted octanol–water partition coefficient (Wildman–Crippen LogP) is 5.80. The van der Waals surface area contributed by atoms with Crippen LogP contribution >= 0.6 is 0 Å². The minimum atomic E-state index is -4.11. The largest absolute Gasteiger partial charge is 0.495 e. The third kappa shape index (κ3) is 6.63. The maximum absolute atomic E-state index is 13.9. The summed E-state index contributed by atoms with van der Waals surface area (Å²) in [6.07, 6.45) is 3.21. The Morgan fingerprint density at radius 2 is 1.57 bits per heavy atom. The lowest BCUT2D eigenvalue weighted by atomic mass is 10.1. The maximum Gasteiger partial charge on any atom is 0.268 e. The number of benzene rings is 3. The van der Waals surface area contributed by atoms with Crippen molar-refractivity contribution in [3.8, 4) is 5.75 Å². The van der Waals surface area contributed by atoms with Gasteiger partial charge in [-0.1, -0.05) is 37.6 Å². The number of nitrogens with one attached hydrogen (secondary N) is 1. The van der Waals surface area contributed by atoms with Gasteiger partial charge in [0.05, 0.1) is 12.8 Å². The number of hydrogen-bond acceptors (Lipinski definition) is 4. The van der Waals surface area contributed by atoms with E-state index in [9.17, 15) is 13.2 Å². The van der Waals surface area contributed by atoms with Gasteiger partial charge in [-0.25, -0.2) is 8.42 Å². The average Bonchev–Trinajstić information content (AvgIpc) is 2.81. The predicted molar refractivity (Wildman–Crippen MR) is 142 cm³/mol. The molecule has 0 radical (unpaired) electrons. The lowest BCUT2D eigenvalue weighted by Crippen LogP contribution is -2.38. The number of carbonyl (C=O) groups excluding carboxylic acids is 1. The molecule has 0 aliphatic rings. The van der Waals surface area contributed by atoms with Crippen molar-refractivity contribution in [2.45, 2.75) is 51.9 Å². The first-order valence-corrected chi connectivity index (χ1v) is 13.2. The molecule has 0 saturated heterocycles. The molecule has 3 aromatic carbocycles. The summed E-state index contributed by atoms with van der Waals surface area (Å²) in [6, 6.07) is 18.1. The van der Waals surface area contributed by atoms with E-state index in [4.69, 9.17) is 4.74 Å². The quantitative estimate of drug-likeness (QED) is 0.387. The smallest absolute Gasteiger partial charge is 0.268 e. The summed E-state index contributed by atoms with van der Waals surface area (Å²) in [5.41, 5.74) is 4.84. The molecular weight excluding hydrogens is 460 g/mol. The summed E-state index contributed by atoms with van der Waals surface area (Å²) in [5.74, 6) is -0.200. The van der Waals surface area contributed by atoms with Crippen LogP contribution in [0.1, 0.15) is 42.0 Å². The maximum atomic E-state index is 13.9. The normalized spacial score (nSPS) is 11.2. The lowest BCUT2D eigenvalue weighted by Gasteiger charge is -2.26. The topological polar surface area (TPSA) is 75.7 Å². The van der Waals surface area contributed by atoms with Gasteiger partial charge >= 0.3 is 0 Å². The van der Waals surface area contributed by atoms with Crippen molar-refractivity contribution in [3.05, 3.63) is 82.9 Å². The summed E-state index contributed by atoms with van der Waals surface area (Å²) >= 11 is 0. The number of hydrogen-bond donors (Lipinski definition) is 1. The molecule has 1 N–H and O–H groups in total. The lowest BCUT2D eigenvalue weighted by molar-refractivity contribution is -0.114. The van der Waals surface area contributed by atoms with Crippen LogP contribution in [0.25, 0.3) is 0 Å². The van der Waals surface area contributed by atoms with Gasteiger partial charge in [0.25, 0.3) is 10.0 Å². The summed E-state index contributed by atoms with van der Waals surface area (Å²) in [7, 11) is -2.68. The van der Waals surface area contributed by atoms with E-state index in [2.05, 4.69) is 12.2 Å². The highest BCUT2D eigenvalue weighted by Gasteiger charge is 2.30. The van der Waals surface area contributed by atoms with Crippen LogP contribution in [0.5, 0.6) is 5.75 Å². The first-order valence-electron chi connectivity index (χ1n) is 11.8. The summed E-state index contributed by atoms with van der Waals surface area (Å²) in [5, 5.41) is 2.84. The van der Waals surface area contributed by atoms with Crippen LogP contribution in [-0.2, 0) is 21.2 Å².